The number of unbranched alkanes of at least 4 members (excludes halogenated alkanes) is 11. The fraction of sp³-hybridized carbons (Fsp3) is 1.00. The van der Waals surface area contributed by atoms with Gasteiger partial charge < -0.3 is 21.1 Å². The van der Waals surface area contributed by atoms with E-state index in [2.05, 4.69) is 6.92 Å². The summed E-state index contributed by atoms with van der Waals surface area (Å²) in [4.78, 5) is 0. The molecule has 1 unspecified atom stereocenters. The standard InChI is InChI=1S/C18H39NO3/c1-2-3-4-5-6-7-8-9-10-11-12-13-14-17(21)18(22)16(19)15-20/h16-18,20-22H,2-15,19H2,1H3/t16-,17?,18+/m0/s1. The van der Waals surface area contributed by atoms with Gasteiger partial charge in [-0.25, -0.2) is 0 Å². The second-order valence-electron chi connectivity index (χ2n) is 6.58. The van der Waals surface area contributed by atoms with Crippen molar-refractivity contribution in [2.45, 2.75) is 109 Å². The van der Waals surface area contributed by atoms with Gasteiger partial charge in [-0.05, 0) is 6.42 Å². The minimum absolute atomic E-state index is 0.295. The van der Waals surface area contributed by atoms with Crippen LogP contribution in [0.3, 0.4) is 0 Å². The minimum atomic E-state index is -1.02. The molecule has 0 saturated heterocycles. The molecule has 0 spiro atoms. The molecule has 22 heavy (non-hydrogen) atoms. The van der Waals surface area contributed by atoms with Crippen LogP contribution >= 0.6 is 0 Å². The van der Waals surface area contributed by atoms with Crippen molar-refractivity contribution in [3.63, 3.8) is 0 Å². The van der Waals surface area contributed by atoms with Crippen LogP contribution in [-0.4, -0.2) is 40.2 Å². The molecule has 134 valence electrons. The molecular weight excluding hydrogens is 278 g/mol. The van der Waals surface area contributed by atoms with Gasteiger partial charge in [-0.1, -0.05) is 84.0 Å². The van der Waals surface area contributed by atoms with E-state index in [4.69, 9.17) is 10.8 Å². The van der Waals surface area contributed by atoms with Gasteiger partial charge in [-0.2, -0.15) is 0 Å². The fourth-order valence-electron chi connectivity index (χ4n) is 2.76. The Balaban J connectivity index is 3.26. The summed E-state index contributed by atoms with van der Waals surface area (Å²) in [7, 11) is 0. The quantitative estimate of drug-likeness (QED) is 0.329. The Kier molecular flexibility index (Phi) is 15.6. The average Bonchev–Trinajstić information content (AvgIpc) is 2.54. The number of rotatable bonds is 16. The topological polar surface area (TPSA) is 86.7 Å². The van der Waals surface area contributed by atoms with Crippen LogP contribution in [0.1, 0.15) is 90.4 Å². The maximum Gasteiger partial charge on any atom is 0.0971 e. The third kappa shape index (κ3) is 12.4. The molecule has 0 radical (unpaired) electrons. The van der Waals surface area contributed by atoms with Crippen molar-refractivity contribution in [3.8, 4) is 0 Å². The van der Waals surface area contributed by atoms with Crippen LogP contribution < -0.4 is 5.73 Å². The molecule has 0 heterocycles. The number of nitrogens with two attached hydrogens (primary N) is 1. The van der Waals surface area contributed by atoms with E-state index in [1.807, 2.05) is 0 Å². The normalized spacial score (nSPS) is 15.7. The van der Waals surface area contributed by atoms with Gasteiger partial charge in [-0.15, -0.1) is 0 Å². The first-order valence-electron chi connectivity index (χ1n) is 9.36. The van der Waals surface area contributed by atoms with Crippen LogP contribution in [0.5, 0.6) is 0 Å². The van der Waals surface area contributed by atoms with Crippen molar-refractivity contribution in [2.75, 3.05) is 6.61 Å². The van der Waals surface area contributed by atoms with Crippen molar-refractivity contribution in [1.82, 2.24) is 0 Å². The lowest BCUT2D eigenvalue weighted by Gasteiger charge is -2.22. The number of aliphatic hydroxyl groups is 3. The summed E-state index contributed by atoms with van der Waals surface area (Å²) in [6, 6.07) is -0.743. The Morgan fingerprint density at radius 3 is 1.55 bits per heavy atom. The van der Waals surface area contributed by atoms with E-state index in [9.17, 15) is 10.2 Å². The van der Waals surface area contributed by atoms with Gasteiger partial charge in [0, 0.05) is 0 Å². The van der Waals surface area contributed by atoms with Crippen LogP contribution in [0.4, 0.5) is 0 Å². The SMILES string of the molecule is CCCCCCCCCCCCCCC(O)[C@H](O)[C@@H](N)CO. The molecule has 0 aliphatic rings. The smallest absolute Gasteiger partial charge is 0.0971 e. The third-order valence-electron chi connectivity index (χ3n) is 4.40. The monoisotopic (exact) mass is 317 g/mol. The summed E-state index contributed by atoms with van der Waals surface area (Å²) in [5.41, 5.74) is 5.49. The fourth-order valence-corrected chi connectivity index (χ4v) is 2.76. The van der Waals surface area contributed by atoms with E-state index >= 15 is 0 Å². The first-order chi connectivity index (χ1) is 10.6. The number of hydrogen-bond acceptors (Lipinski definition) is 4. The van der Waals surface area contributed by atoms with Crippen molar-refractivity contribution in [1.29, 1.82) is 0 Å². The van der Waals surface area contributed by atoms with Gasteiger partial charge in [0.2, 0.25) is 0 Å². The maximum atomic E-state index is 9.74. The van der Waals surface area contributed by atoms with Crippen LogP contribution in [-0.2, 0) is 0 Å². The maximum absolute atomic E-state index is 9.74. The molecule has 0 bridgehead atoms. The lowest BCUT2D eigenvalue weighted by molar-refractivity contribution is -0.0121. The predicted molar refractivity (Wildman–Crippen MR) is 92.8 cm³/mol. The highest BCUT2D eigenvalue weighted by Gasteiger charge is 2.22. The van der Waals surface area contributed by atoms with Gasteiger partial charge in [0.15, 0.2) is 0 Å². The highest BCUT2D eigenvalue weighted by atomic mass is 16.3. The van der Waals surface area contributed by atoms with E-state index in [1.54, 1.807) is 0 Å². The third-order valence-corrected chi connectivity index (χ3v) is 4.40. The van der Waals surface area contributed by atoms with E-state index < -0.39 is 18.2 Å². The van der Waals surface area contributed by atoms with Crippen LogP contribution in [0.25, 0.3) is 0 Å². The summed E-state index contributed by atoms with van der Waals surface area (Å²) in [5.74, 6) is 0. The van der Waals surface area contributed by atoms with Gasteiger partial charge >= 0.3 is 0 Å². The first-order valence-corrected chi connectivity index (χ1v) is 9.36. The Bertz CT molecular complexity index is 226. The highest BCUT2D eigenvalue weighted by molar-refractivity contribution is 4.77. The molecule has 0 aromatic carbocycles. The molecule has 0 rings (SSSR count). The molecule has 0 aliphatic carbocycles. The lowest BCUT2D eigenvalue weighted by Crippen LogP contribution is -2.45. The van der Waals surface area contributed by atoms with Gasteiger partial charge in [0.1, 0.15) is 0 Å². The van der Waals surface area contributed by atoms with E-state index in [-0.39, 0.29) is 6.61 Å². The second kappa shape index (κ2) is 15.7. The molecule has 3 atom stereocenters. The van der Waals surface area contributed by atoms with Gasteiger partial charge in [0.05, 0.1) is 24.9 Å². The second-order valence-corrected chi connectivity index (χ2v) is 6.58. The van der Waals surface area contributed by atoms with Crippen LogP contribution in [0.15, 0.2) is 0 Å². The van der Waals surface area contributed by atoms with Gasteiger partial charge in [0.25, 0.3) is 0 Å². The molecule has 0 fully saturated rings. The van der Waals surface area contributed by atoms with E-state index in [0.29, 0.717) is 6.42 Å². The summed E-state index contributed by atoms with van der Waals surface area (Å²) < 4.78 is 0. The van der Waals surface area contributed by atoms with Crippen molar-refractivity contribution < 1.29 is 15.3 Å². The molecular formula is C18H39NO3. The Morgan fingerprint density at radius 1 is 0.727 bits per heavy atom. The van der Waals surface area contributed by atoms with Crippen LogP contribution in [0.2, 0.25) is 0 Å². The number of aliphatic hydroxyl groups excluding tert-OH is 3. The van der Waals surface area contributed by atoms with Crippen molar-refractivity contribution in [2.24, 2.45) is 5.73 Å². The Morgan fingerprint density at radius 2 is 1.14 bits per heavy atom. The average molecular weight is 318 g/mol. The molecule has 0 saturated carbocycles. The molecule has 4 nitrogen and oxygen atoms in total. The molecule has 5 N–H and O–H groups in total. The zero-order chi connectivity index (χ0) is 16.6. The Labute approximate surface area is 137 Å². The summed E-state index contributed by atoms with van der Waals surface area (Å²) in [5, 5.41) is 28.2. The summed E-state index contributed by atoms with van der Waals surface area (Å²) in [6.07, 6.45) is 14.1. The minimum Gasteiger partial charge on any atom is -0.395 e. The lowest BCUT2D eigenvalue weighted by atomic mass is 10.00. The first kappa shape index (κ1) is 21.8. The van der Waals surface area contributed by atoms with E-state index in [0.717, 1.165) is 12.8 Å². The molecule has 4 heteroatoms. The molecule has 0 aromatic heterocycles. The van der Waals surface area contributed by atoms with Crippen molar-refractivity contribution in [3.05, 3.63) is 0 Å². The Hall–Kier alpha value is -0.160. The zero-order valence-electron chi connectivity index (χ0n) is 14.6. The summed E-state index contributed by atoms with van der Waals surface area (Å²) in [6.45, 7) is 1.96. The molecule has 0 aromatic rings. The zero-order valence-corrected chi connectivity index (χ0v) is 14.6. The number of hydrogen-bond donors (Lipinski definition) is 4. The summed E-state index contributed by atoms with van der Waals surface area (Å²) >= 11 is 0. The van der Waals surface area contributed by atoms with Crippen molar-refractivity contribution >= 4 is 0 Å². The predicted octanol–water partition coefficient (Wildman–Crippen LogP) is 3.12. The molecule has 0 aliphatic heterocycles. The highest BCUT2D eigenvalue weighted by Crippen LogP contribution is 2.14. The molecule has 0 amide bonds. The van der Waals surface area contributed by atoms with Crippen LogP contribution in [0, 0.1) is 0 Å². The van der Waals surface area contributed by atoms with E-state index in [1.165, 1.54) is 64.2 Å². The largest absolute Gasteiger partial charge is 0.395 e. The van der Waals surface area contributed by atoms with Gasteiger partial charge in [-0.3, -0.25) is 0 Å².